The molecule has 8 nitrogen and oxygen atoms in total. The van der Waals surface area contributed by atoms with E-state index in [1.54, 1.807) is 6.07 Å². The standard InChI is InChI=1S/C28H36O8/c1-17(30)35-20-6-11-26(16-29)22-7-10-25(3)21(19-4-5-24(32)34-15-19)9-13-28(25,33)23(22)8-12-27(26,14-20)36-18(2)31/h4-5,15-16,20-23,33H,6-14H2,1-3H3/t20-,21-,22-,23-,25-,26+,27+,28-/m1/s1. The quantitative estimate of drug-likeness (QED) is 0.491. The van der Waals surface area contributed by atoms with Crippen molar-refractivity contribution in [3.05, 3.63) is 34.4 Å². The number of aliphatic hydroxyl groups is 1. The summed E-state index contributed by atoms with van der Waals surface area (Å²) in [7, 11) is 0. The van der Waals surface area contributed by atoms with E-state index in [0.717, 1.165) is 24.7 Å². The summed E-state index contributed by atoms with van der Waals surface area (Å²) in [5.74, 6) is -1.07. The number of rotatable bonds is 4. The molecule has 0 bridgehead atoms. The highest BCUT2D eigenvalue weighted by atomic mass is 16.6. The van der Waals surface area contributed by atoms with Gasteiger partial charge in [0.25, 0.3) is 0 Å². The fourth-order valence-electron chi connectivity index (χ4n) is 9.00. The molecular weight excluding hydrogens is 464 g/mol. The molecule has 0 radical (unpaired) electrons. The fraction of sp³-hybridized carbons (Fsp3) is 0.714. The summed E-state index contributed by atoms with van der Waals surface area (Å²) >= 11 is 0. The molecule has 5 rings (SSSR count). The van der Waals surface area contributed by atoms with Gasteiger partial charge in [0.2, 0.25) is 0 Å². The summed E-state index contributed by atoms with van der Waals surface area (Å²) in [5, 5.41) is 12.4. The first-order valence-electron chi connectivity index (χ1n) is 13.1. The van der Waals surface area contributed by atoms with E-state index >= 15 is 0 Å². The van der Waals surface area contributed by atoms with Crippen LogP contribution in [0.3, 0.4) is 0 Å². The van der Waals surface area contributed by atoms with E-state index in [9.17, 15) is 24.3 Å². The van der Waals surface area contributed by atoms with Crippen LogP contribution in [-0.4, -0.2) is 40.6 Å². The summed E-state index contributed by atoms with van der Waals surface area (Å²) in [4.78, 5) is 48.6. The molecule has 36 heavy (non-hydrogen) atoms. The highest BCUT2D eigenvalue weighted by Crippen LogP contribution is 2.71. The number of carbonyl (C=O) groups excluding carboxylic acids is 3. The minimum atomic E-state index is -1.05. The van der Waals surface area contributed by atoms with Crippen molar-refractivity contribution in [1.82, 2.24) is 0 Å². The lowest BCUT2D eigenvalue weighted by Crippen LogP contribution is -2.69. The molecule has 0 aromatic carbocycles. The molecule has 1 aromatic heterocycles. The molecule has 8 heteroatoms. The van der Waals surface area contributed by atoms with Crippen molar-refractivity contribution in [3.63, 3.8) is 0 Å². The maximum absolute atomic E-state index is 13.1. The number of esters is 2. The predicted molar refractivity (Wildman–Crippen MR) is 128 cm³/mol. The monoisotopic (exact) mass is 500 g/mol. The normalized spacial score (nSPS) is 43.4. The van der Waals surface area contributed by atoms with Crippen molar-refractivity contribution < 1.29 is 33.4 Å². The second kappa shape index (κ2) is 8.54. The lowest BCUT2D eigenvalue weighted by atomic mass is 9.41. The minimum absolute atomic E-state index is 0.0415. The number of aldehydes is 1. The van der Waals surface area contributed by atoms with Gasteiger partial charge in [-0.15, -0.1) is 0 Å². The first-order chi connectivity index (χ1) is 17.0. The maximum Gasteiger partial charge on any atom is 0.335 e. The average Bonchev–Trinajstić information content (AvgIpc) is 3.09. The van der Waals surface area contributed by atoms with E-state index in [1.165, 1.54) is 26.2 Å². The van der Waals surface area contributed by atoms with Gasteiger partial charge in [-0.3, -0.25) is 9.59 Å². The SMILES string of the molecule is CC(=O)O[C@@H]1CC[C@]2(C=O)[C@@H]3CC[C@]4(C)[C@@H](c5ccc(=O)oc5)CC[C@@]4(O)[C@@H]3CC[C@]2(OC(C)=O)C1. The van der Waals surface area contributed by atoms with E-state index in [1.807, 2.05) is 0 Å². The Labute approximate surface area is 210 Å². The summed E-state index contributed by atoms with van der Waals surface area (Å²) in [6.07, 6.45) is 7.20. The Hall–Kier alpha value is -2.48. The van der Waals surface area contributed by atoms with E-state index in [2.05, 4.69) is 6.92 Å². The molecule has 196 valence electrons. The molecule has 4 fully saturated rings. The lowest BCUT2D eigenvalue weighted by Gasteiger charge is -2.65. The number of fused-ring (bicyclic) bond motifs is 5. The van der Waals surface area contributed by atoms with Gasteiger partial charge < -0.3 is 23.8 Å². The van der Waals surface area contributed by atoms with E-state index < -0.39 is 39.7 Å². The third-order valence-electron chi connectivity index (χ3n) is 10.5. The largest absolute Gasteiger partial charge is 0.462 e. The third kappa shape index (κ3) is 3.43. The Morgan fingerprint density at radius 1 is 1.03 bits per heavy atom. The molecule has 8 atom stereocenters. The number of hydrogen-bond acceptors (Lipinski definition) is 8. The van der Waals surface area contributed by atoms with Gasteiger partial charge in [0, 0.05) is 31.7 Å². The molecule has 1 aromatic rings. The van der Waals surface area contributed by atoms with Crippen molar-refractivity contribution in [2.24, 2.45) is 22.7 Å². The summed E-state index contributed by atoms with van der Waals surface area (Å²) in [5.41, 5.74) is -2.90. The molecule has 1 heterocycles. The molecule has 1 N–H and O–H groups in total. The molecule has 4 aliphatic rings. The minimum Gasteiger partial charge on any atom is -0.462 e. The zero-order valence-electron chi connectivity index (χ0n) is 21.3. The first-order valence-corrected chi connectivity index (χ1v) is 13.1. The van der Waals surface area contributed by atoms with Crippen molar-refractivity contribution in [3.8, 4) is 0 Å². The van der Waals surface area contributed by atoms with Gasteiger partial charge >= 0.3 is 17.6 Å². The maximum atomic E-state index is 13.1. The van der Waals surface area contributed by atoms with Gasteiger partial charge in [-0.25, -0.2) is 4.79 Å². The van der Waals surface area contributed by atoms with Gasteiger partial charge in [0.1, 0.15) is 18.0 Å². The lowest BCUT2D eigenvalue weighted by molar-refractivity contribution is -0.255. The van der Waals surface area contributed by atoms with Crippen LogP contribution in [0.5, 0.6) is 0 Å². The molecule has 0 unspecified atom stereocenters. The van der Waals surface area contributed by atoms with Crippen LogP contribution in [0.2, 0.25) is 0 Å². The zero-order chi connectivity index (χ0) is 25.9. The molecule has 4 saturated carbocycles. The van der Waals surface area contributed by atoms with Gasteiger partial charge in [-0.1, -0.05) is 6.92 Å². The first kappa shape index (κ1) is 25.2. The van der Waals surface area contributed by atoms with E-state index in [-0.39, 0.29) is 23.7 Å². The fourth-order valence-corrected chi connectivity index (χ4v) is 9.00. The van der Waals surface area contributed by atoms with Crippen LogP contribution in [0.15, 0.2) is 27.6 Å². The Morgan fingerprint density at radius 3 is 2.42 bits per heavy atom. The van der Waals surface area contributed by atoms with Crippen molar-refractivity contribution in [2.45, 2.75) is 102 Å². The predicted octanol–water partition coefficient (Wildman–Crippen LogP) is 3.68. The van der Waals surface area contributed by atoms with Crippen molar-refractivity contribution in [2.75, 3.05) is 0 Å². The Morgan fingerprint density at radius 2 is 1.78 bits per heavy atom. The van der Waals surface area contributed by atoms with Crippen LogP contribution < -0.4 is 5.63 Å². The molecule has 0 spiro atoms. The second-order valence-corrected chi connectivity index (χ2v) is 11.8. The van der Waals surface area contributed by atoms with Gasteiger partial charge in [-0.05, 0) is 80.8 Å². The Kier molecular flexibility index (Phi) is 5.97. The van der Waals surface area contributed by atoms with Gasteiger partial charge in [0.05, 0.1) is 17.3 Å². The average molecular weight is 501 g/mol. The van der Waals surface area contributed by atoms with Crippen LogP contribution in [0, 0.1) is 22.7 Å². The van der Waals surface area contributed by atoms with Crippen LogP contribution >= 0.6 is 0 Å². The number of ether oxygens (including phenoxy) is 2. The van der Waals surface area contributed by atoms with E-state index in [4.69, 9.17) is 13.9 Å². The number of hydrogen-bond donors (Lipinski definition) is 1. The van der Waals surface area contributed by atoms with Gasteiger partial charge in [-0.2, -0.15) is 0 Å². The van der Waals surface area contributed by atoms with Crippen LogP contribution in [0.4, 0.5) is 0 Å². The second-order valence-electron chi connectivity index (χ2n) is 11.8. The molecule has 0 aliphatic heterocycles. The highest BCUT2D eigenvalue weighted by molar-refractivity contribution is 5.70. The third-order valence-corrected chi connectivity index (χ3v) is 10.5. The van der Waals surface area contributed by atoms with Crippen molar-refractivity contribution >= 4 is 18.2 Å². The van der Waals surface area contributed by atoms with Crippen LogP contribution in [0.1, 0.15) is 90.0 Å². The Bertz CT molecular complexity index is 1110. The zero-order valence-corrected chi connectivity index (χ0v) is 21.3. The summed E-state index contributed by atoms with van der Waals surface area (Å²) < 4.78 is 16.7. The summed E-state index contributed by atoms with van der Waals surface area (Å²) in [6.45, 7) is 4.85. The molecule has 0 saturated heterocycles. The highest BCUT2D eigenvalue weighted by Gasteiger charge is 2.72. The smallest absolute Gasteiger partial charge is 0.335 e. The van der Waals surface area contributed by atoms with Crippen LogP contribution in [0.25, 0.3) is 0 Å². The molecule has 4 aliphatic carbocycles. The molecule has 0 amide bonds. The molecular formula is C28H36O8. The Balaban J connectivity index is 1.52. The van der Waals surface area contributed by atoms with Crippen molar-refractivity contribution in [1.29, 1.82) is 0 Å². The summed E-state index contributed by atoms with van der Waals surface area (Å²) in [6, 6.07) is 3.23. The van der Waals surface area contributed by atoms with Gasteiger partial charge in [0.15, 0.2) is 0 Å². The van der Waals surface area contributed by atoms with E-state index in [0.29, 0.717) is 44.9 Å². The van der Waals surface area contributed by atoms with Crippen LogP contribution in [-0.2, 0) is 23.9 Å². The number of carbonyl (C=O) groups is 3. The topological polar surface area (TPSA) is 120 Å².